The summed E-state index contributed by atoms with van der Waals surface area (Å²) < 4.78 is 8.39. The number of ether oxygens (including phenoxy) is 1. The van der Waals surface area contributed by atoms with E-state index in [0.717, 1.165) is 10.6 Å². The summed E-state index contributed by atoms with van der Waals surface area (Å²) in [5.41, 5.74) is 0. The van der Waals surface area contributed by atoms with Gasteiger partial charge < -0.3 is 0 Å². The van der Waals surface area contributed by atoms with Crippen LogP contribution >= 0.6 is 11.3 Å². The van der Waals surface area contributed by atoms with Crippen LogP contribution in [0.1, 0.15) is 25.7 Å². The number of thiophene rings is 1. The molecule has 1 saturated carbocycles. The van der Waals surface area contributed by atoms with Gasteiger partial charge in [0, 0.05) is 0 Å². The maximum atomic E-state index is 5.91. The number of hydrogen-bond acceptors (Lipinski definition) is 2. The fourth-order valence-electron chi connectivity index (χ4n) is 2.06. The minimum absolute atomic E-state index is 0.0463. The van der Waals surface area contributed by atoms with Gasteiger partial charge >= 0.3 is 112 Å². The van der Waals surface area contributed by atoms with Crippen molar-refractivity contribution in [3.8, 4) is 0 Å². The molecule has 0 saturated heterocycles. The van der Waals surface area contributed by atoms with E-state index in [0.29, 0.717) is 6.10 Å². The van der Waals surface area contributed by atoms with Crippen LogP contribution in [0.3, 0.4) is 0 Å². The van der Waals surface area contributed by atoms with Gasteiger partial charge in [0.25, 0.3) is 0 Å². The van der Waals surface area contributed by atoms with Gasteiger partial charge in [0.15, 0.2) is 0 Å². The molecule has 2 atom stereocenters. The fraction of sp³-hybridized carbons (Fsp3) is 0.538. The number of rotatable bonds is 5. The topological polar surface area (TPSA) is 9.23 Å². The molecule has 0 N–H and O–H groups in total. The van der Waals surface area contributed by atoms with E-state index in [2.05, 4.69) is 24.1 Å². The van der Waals surface area contributed by atoms with Crippen molar-refractivity contribution in [3.63, 3.8) is 0 Å². The van der Waals surface area contributed by atoms with Crippen molar-refractivity contribution in [1.82, 2.24) is 0 Å². The second-order valence-electron chi connectivity index (χ2n) is 4.03. The van der Waals surface area contributed by atoms with Crippen LogP contribution in [0, 0.1) is 0 Å². The Labute approximate surface area is 112 Å². The predicted molar refractivity (Wildman–Crippen MR) is 71.9 cm³/mol. The Kier molecular flexibility index (Phi) is 5.38. The van der Waals surface area contributed by atoms with Crippen molar-refractivity contribution in [2.24, 2.45) is 0 Å². The Morgan fingerprint density at radius 1 is 1.50 bits per heavy atom. The van der Waals surface area contributed by atoms with Crippen LogP contribution in [0.4, 0.5) is 0 Å². The summed E-state index contributed by atoms with van der Waals surface area (Å²) in [4.78, 5) is 0. The van der Waals surface area contributed by atoms with Crippen LogP contribution < -0.4 is 2.93 Å². The van der Waals surface area contributed by atoms with Gasteiger partial charge in [-0.25, -0.2) is 0 Å². The molecule has 3 heteroatoms. The molecule has 1 fully saturated rings. The van der Waals surface area contributed by atoms with E-state index in [1.807, 2.05) is 17.4 Å². The zero-order valence-electron chi connectivity index (χ0n) is 9.43. The number of hydrogen-bond donors (Lipinski definition) is 0. The quantitative estimate of drug-likeness (QED) is 0.586. The molecule has 1 aromatic heterocycles. The van der Waals surface area contributed by atoms with Gasteiger partial charge in [-0.15, -0.1) is 0 Å². The molecule has 1 aliphatic carbocycles. The molecular formula is C13H18OSTe. The second kappa shape index (κ2) is 6.81. The zero-order chi connectivity index (χ0) is 11.2. The van der Waals surface area contributed by atoms with Gasteiger partial charge in [0.1, 0.15) is 0 Å². The molecule has 0 aliphatic heterocycles. The van der Waals surface area contributed by atoms with Crippen LogP contribution in [0.2, 0.25) is 3.97 Å². The molecule has 1 nitrogen and oxygen atoms in total. The van der Waals surface area contributed by atoms with Crippen molar-refractivity contribution in [2.75, 3.05) is 6.61 Å². The molecule has 88 valence electrons. The third-order valence-corrected chi connectivity index (χ3v) is 8.42. The van der Waals surface area contributed by atoms with Crippen LogP contribution in [0.5, 0.6) is 0 Å². The summed E-state index contributed by atoms with van der Waals surface area (Å²) in [5, 5.41) is 2.20. The normalized spacial score (nSPS) is 25.5. The first-order valence-corrected chi connectivity index (χ1v) is 9.22. The van der Waals surface area contributed by atoms with Crippen molar-refractivity contribution >= 4 is 35.2 Å². The Balaban J connectivity index is 1.90. The van der Waals surface area contributed by atoms with Gasteiger partial charge in [-0.1, -0.05) is 0 Å². The van der Waals surface area contributed by atoms with Crippen molar-refractivity contribution in [1.29, 1.82) is 0 Å². The average molecular weight is 350 g/mol. The van der Waals surface area contributed by atoms with Gasteiger partial charge in [-0.05, 0) is 0 Å². The summed E-state index contributed by atoms with van der Waals surface area (Å²) in [6, 6.07) is 4.47. The molecule has 0 radical (unpaired) electrons. The van der Waals surface area contributed by atoms with E-state index in [4.69, 9.17) is 4.74 Å². The first-order valence-electron chi connectivity index (χ1n) is 5.83. The van der Waals surface area contributed by atoms with Gasteiger partial charge in [0.05, 0.1) is 0 Å². The first kappa shape index (κ1) is 12.6. The molecule has 0 spiro atoms. The van der Waals surface area contributed by atoms with Crippen molar-refractivity contribution in [2.45, 2.75) is 35.8 Å². The Bertz CT molecular complexity index is 310. The van der Waals surface area contributed by atoms with Crippen LogP contribution in [-0.2, 0) is 4.74 Å². The Hall–Kier alpha value is 0.190. The molecule has 0 bridgehead atoms. The third-order valence-electron chi connectivity index (χ3n) is 2.83. The molecule has 16 heavy (non-hydrogen) atoms. The van der Waals surface area contributed by atoms with Crippen molar-refractivity contribution in [3.05, 3.63) is 30.2 Å². The fourth-order valence-corrected chi connectivity index (χ4v) is 7.50. The summed E-state index contributed by atoms with van der Waals surface area (Å²) in [7, 11) is 0. The monoisotopic (exact) mass is 352 g/mol. The van der Waals surface area contributed by atoms with Gasteiger partial charge in [0.2, 0.25) is 0 Å². The van der Waals surface area contributed by atoms with E-state index < -0.39 is 0 Å². The molecular weight excluding hydrogens is 332 g/mol. The molecule has 2 rings (SSSR count). The van der Waals surface area contributed by atoms with E-state index in [1.54, 1.807) is 2.93 Å². The van der Waals surface area contributed by atoms with E-state index in [-0.39, 0.29) is 20.9 Å². The summed E-state index contributed by atoms with van der Waals surface area (Å²) in [5.74, 6) is 0. The zero-order valence-corrected chi connectivity index (χ0v) is 12.6. The summed E-state index contributed by atoms with van der Waals surface area (Å²) in [6.45, 7) is 4.45. The predicted octanol–water partition coefficient (Wildman–Crippen LogP) is 3.01. The van der Waals surface area contributed by atoms with Crippen LogP contribution in [-0.4, -0.2) is 33.6 Å². The van der Waals surface area contributed by atoms with E-state index in [9.17, 15) is 0 Å². The van der Waals surface area contributed by atoms with Crippen LogP contribution in [0.15, 0.2) is 30.2 Å². The second-order valence-corrected chi connectivity index (χ2v) is 9.44. The Morgan fingerprint density at radius 3 is 3.12 bits per heavy atom. The molecule has 0 unspecified atom stereocenters. The van der Waals surface area contributed by atoms with E-state index in [1.165, 1.54) is 25.7 Å². The van der Waals surface area contributed by atoms with Crippen LogP contribution in [0.25, 0.3) is 0 Å². The average Bonchev–Trinajstić information content (AvgIpc) is 2.81. The van der Waals surface area contributed by atoms with Crippen molar-refractivity contribution < 1.29 is 4.74 Å². The molecule has 1 heterocycles. The summed E-state index contributed by atoms with van der Waals surface area (Å²) >= 11 is 1.88. The SMILES string of the molecule is C=CCO[C@H]1CCCC[C@@H]1[Te]c1cccs1. The van der Waals surface area contributed by atoms with Gasteiger partial charge in [-0.2, -0.15) is 0 Å². The third kappa shape index (κ3) is 3.60. The first-order chi connectivity index (χ1) is 7.90. The minimum atomic E-state index is -0.0463. The molecule has 1 aromatic rings. The molecule has 0 amide bonds. The molecule has 0 aromatic carbocycles. The summed E-state index contributed by atoms with van der Waals surface area (Å²) in [6.07, 6.45) is 7.76. The Morgan fingerprint density at radius 2 is 2.38 bits per heavy atom. The van der Waals surface area contributed by atoms with E-state index >= 15 is 0 Å². The van der Waals surface area contributed by atoms with Gasteiger partial charge in [-0.3, -0.25) is 0 Å². The maximum absolute atomic E-state index is 5.91. The molecule has 1 aliphatic rings. The standard InChI is InChI=1S/C13H18OSTe/c1-2-9-14-11-6-3-4-7-12(11)16-13-8-5-10-15-13/h2,5,8,10-12H,1,3-4,6-7,9H2/t11-,12-/m0/s1.